The zero-order valence-electron chi connectivity index (χ0n) is 11.6. The second-order valence-electron chi connectivity index (χ2n) is 5.09. The number of halogens is 2. The van der Waals surface area contributed by atoms with Crippen LogP contribution in [-0.2, 0) is 0 Å². The molecule has 1 atom stereocenters. The highest BCUT2D eigenvalue weighted by atomic mass is 35.5. The fourth-order valence-corrected chi connectivity index (χ4v) is 2.80. The SMILES string of the molecule is CN1C=CC(/C=C/c2ccc(Cl)c(Cl)c2)=C2C=CC=CC21. The molecule has 1 aromatic carbocycles. The molecule has 3 rings (SSSR count). The Morgan fingerprint density at radius 1 is 1.05 bits per heavy atom. The van der Waals surface area contributed by atoms with E-state index >= 15 is 0 Å². The average Bonchev–Trinajstić information content (AvgIpc) is 2.50. The van der Waals surface area contributed by atoms with E-state index in [0.29, 0.717) is 16.1 Å². The third-order valence-corrected chi connectivity index (χ3v) is 4.40. The van der Waals surface area contributed by atoms with Gasteiger partial charge in [-0.25, -0.2) is 0 Å². The van der Waals surface area contributed by atoms with Crippen LogP contribution in [0.1, 0.15) is 5.56 Å². The third kappa shape index (κ3) is 2.99. The summed E-state index contributed by atoms with van der Waals surface area (Å²) in [5.41, 5.74) is 3.56. The highest BCUT2D eigenvalue weighted by Crippen LogP contribution is 2.28. The molecule has 0 N–H and O–H groups in total. The standard InChI is InChI=1S/C18H15Cl2N/c1-21-11-10-14(15-4-2-3-5-18(15)21)8-6-13-7-9-16(19)17(20)12-13/h2-12,18H,1H3/b8-6+. The summed E-state index contributed by atoms with van der Waals surface area (Å²) < 4.78 is 0. The topological polar surface area (TPSA) is 3.24 Å². The van der Waals surface area contributed by atoms with Crippen LogP contribution in [0, 0.1) is 0 Å². The maximum Gasteiger partial charge on any atom is 0.0726 e. The Morgan fingerprint density at radius 2 is 1.90 bits per heavy atom. The van der Waals surface area contributed by atoms with E-state index in [1.807, 2.05) is 18.2 Å². The highest BCUT2D eigenvalue weighted by Gasteiger charge is 2.19. The van der Waals surface area contributed by atoms with Gasteiger partial charge in [0.25, 0.3) is 0 Å². The van der Waals surface area contributed by atoms with E-state index in [2.05, 4.69) is 60.7 Å². The van der Waals surface area contributed by atoms with Crippen molar-refractivity contribution in [3.05, 3.63) is 87.6 Å². The fourth-order valence-electron chi connectivity index (χ4n) is 2.49. The van der Waals surface area contributed by atoms with Crippen molar-refractivity contribution < 1.29 is 0 Å². The van der Waals surface area contributed by atoms with Crippen molar-refractivity contribution in [2.75, 3.05) is 7.05 Å². The van der Waals surface area contributed by atoms with Crippen LogP contribution >= 0.6 is 23.2 Å². The smallest absolute Gasteiger partial charge is 0.0726 e. The third-order valence-electron chi connectivity index (χ3n) is 3.66. The van der Waals surface area contributed by atoms with E-state index in [0.717, 1.165) is 5.56 Å². The van der Waals surface area contributed by atoms with Crippen LogP contribution in [-0.4, -0.2) is 18.0 Å². The van der Waals surface area contributed by atoms with Gasteiger partial charge in [0.2, 0.25) is 0 Å². The zero-order chi connectivity index (χ0) is 14.8. The van der Waals surface area contributed by atoms with Crippen LogP contribution in [0.2, 0.25) is 10.0 Å². The summed E-state index contributed by atoms with van der Waals surface area (Å²) in [5.74, 6) is 0. The second kappa shape index (κ2) is 5.97. The predicted octanol–water partition coefficient (Wildman–Crippen LogP) is 5.26. The second-order valence-corrected chi connectivity index (χ2v) is 5.90. The van der Waals surface area contributed by atoms with E-state index < -0.39 is 0 Å². The molecule has 1 aromatic rings. The van der Waals surface area contributed by atoms with E-state index in [9.17, 15) is 0 Å². The van der Waals surface area contributed by atoms with Gasteiger partial charge in [0.15, 0.2) is 0 Å². The van der Waals surface area contributed by atoms with Crippen molar-refractivity contribution >= 4 is 29.3 Å². The van der Waals surface area contributed by atoms with Crippen molar-refractivity contribution in [3.63, 3.8) is 0 Å². The Bertz CT molecular complexity index is 708. The summed E-state index contributed by atoms with van der Waals surface area (Å²) in [6.07, 6.45) is 16.9. The lowest BCUT2D eigenvalue weighted by Gasteiger charge is -2.31. The first-order chi connectivity index (χ1) is 10.1. The lowest BCUT2D eigenvalue weighted by molar-refractivity contribution is 0.420. The molecule has 1 aliphatic heterocycles. The van der Waals surface area contributed by atoms with Crippen molar-refractivity contribution in [2.24, 2.45) is 0 Å². The molecule has 3 heteroatoms. The minimum Gasteiger partial charge on any atom is -0.370 e. The number of fused-ring (bicyclic) bond motifs is 1. The minimum absolute atomic E-state index is 0.313. The van der Waals surface area contributed by atoms with Gasteiger partial charge in [0.1, 0.15) is 0 Å². The van der Waals surface area contributed by atoms with Gasteiger partial charge in [-0.1, -0.05) is 65.7 Å². The number of likely N-dealkylation sites (N-methyl/N-ethyl adjacent to an activating group) is 1. The zero-order valence-corrected chi connectivity index (χ0v) is 13.1. The molecule has 1 unspecified atom stereocenters. The van der Waals surface area contributed by atoms with Gasteiger partial charge < -0.3 is 4.90 Å². The molecule has 0 amide bonds. The average molecular weight is 316 g/mol. The number of rotatable bonds is 2. The number of benzene rings is 1. The lowest BCUT2D eigenvalue weighted by Crippen LogP contribution is -2.30. The molecular formula is C18H15Cl2N. The molecule has 0 aromatic heterocycles. The molecule has 0 saturated heterocycles. The van der Waals surface area contributed by atoms with E-state index in [1.54, 1.807) is 0 Å². The minimum atomic E-state index is 0.313. The molecule has 0 bridgehead atoms. The maximum atomic E-state index is 6.05. The summed E-state index contributed by atoms with van der Waals surface area (Å²) in [5, 5.41) is 1.16. The van der Waals surface area contributed by atoms with Crippen molar-refractivity contribution in [1.82, 2.24) is 4.90 Å². The summed E-state index contributed by atoms with van der Waals surface area (Å²) in [6.45, 7) is 0. The van der Waals surface area contributed by atoms with Gasteiger partial charge in [0.05, 0.1) is 16.1 Å². The van der Waals surface area contributed by atoms with Crippen LogP contribution in [0.25, 0.3) is 6.08 Å². The summed E-state index contributed by atoms with van der Waals surface area (Å²) in [7, 11) is 2.09. The summed E-state index contributed by atoms with van der Waals surface area (Å²) in [6, 6.07) is 5.97. The molecule has 106 valence electrons. The number of allylic oxidation sites excluding steroid dienone is 5. The van der Waals surface area contributed by atoms with Gasteiger partial charge in [-0.3, -0.25) is 0 Å². The molecule has 0 saturated carbocycles. The van der Waals surface area contributed by atoms with Crippen molar-refractivity contribution in [2.45, 2.75) is 6.04 Å². The van der Waals surface area contributed by atoms with Crippen LogP contribution in [0.4, 0.5) is 0 Å². The van der Waals surface area contributed by atoms with Gasteiger partial charge in [-0.15, -0.1) is 0 Å². The molecular weight excluding hydrogens is 301 g/mol. The van der Waals surface area contributed by atoms with Gasteiger partial charge in [-0.05, 0) is 34.9 Å². The Kier molecular flexibility index (Phi) is 4.05. The number of hydrogen-bond acceptors (Lipinski definition) is 1. The molecule has 0 radical (unpaired) electrons. The predicted molar refractivity (Wildman–Crippen MR) is 91.5 cm³/mol. The molecule has 21 heavy (non-hydrogen) atoms. The summed E-state index contributed by atoms with van der Waals surface area (Å²) >= 11 is 12.0. The fraction of sp³-hybridized carbons (Fsp3) is 0.111. The van der Waals surface area contributed by atoms with E-state index in [-0.39, 0.29) is 0 Å². The van der Waals surface area contributed by atoms with E-state index in [1.165, 1.54) is 11.1 Å². The van der Waals surface area contributed by atoms with Crippen LogP contribution in [0.15, 0.2) is 72.0 Å². The Hall–Kier alpha value is -1.70. The first kappa shape index (κ1) is 14.2. The highest BCUT2D eigenvalue weighted by molar-refractivity contribution is 6.42. The Morgan fingerprint density at radius 3 is 2.71 bits per heavy atom. The van der Waals surface area contributed by atoms with Crippen LogP contribution in [0.3, 0.4) is 0 Å². The maximum absolute atomic E-state index is 6.05. The summed E-state index contributed by atoms with van der Waals surface area (Å²) in [4.78, 5) is 2.20. The van der Waals surface area contributed by atoms with Crippen LogP contribution in [0.5, 0.6) is 0 Å². The Balaban J connectivity index is 1.91. The number of hydrogen-bond donors (Lipinski definition) is 0. The molecule has 2 aliphatic rings. The Labute approximate surface area is 135 Å². The largest absolute Gasteiger partial charge is 0.370 e. The normalized spacial score (nSPS) is 20.5. The van der Waals surface area contributed by atoms with Crippen molar-refractivity contribution in [1.29, 1.82) is 0 Å². The first-order valence-electron chi connectivity index (χ1n) is 6.77. The van der Waals surface area contributed by atoms with Crippen LogP contribution < -0.4 is 0 Å². The molecule has 1 aliphatic carbocycles. The monoisotopic (exact) mass is 315 g/mol. The molecule has 0 spiro atoms. The lowest BCUT2D eigenvalue weighted by atomic mass is 9.92. The van der Waals surface area contributed by atoms with E-state index in [4.69, 9.17) is 23.2 Å². The quantitative estimate of drug-likeness (QED) is 0.719. The molecule has 1 heterocycles. The number of nitrogens with zero attached hydrogens (tertiary/aromatic N) is 1. The van der Waals surface area contributed by atoms with Gasteiger partial charge in [0, 0.05) is 13.2 Å². The van der Waals surface area contributed by atoms with Gasteiger partial charge in [-0.2, -0.15) is 0 Å². The van der Waals surface area contributed by atoms with Crippen molar-refractivity contribution in [3.8, 4) is 0 Å². The van der Waals surface area contributed by atoms with Gasteiger partial charge >= 0.3 is 0 Å². The first-order valence-corrected chi connectivity index (χ1v) is 7.53. The molecule has 1 nitrogen and oxygen atoms in total. The molecule has 0 fully saturated rings.